The van der Waals surface area contributed by atoms with Crippen LogP contribution in [-0.2, 0) is 57.6 Å². The van der Waals surface area contributed by atoms with Crippen molar-refractivity contribution >= 4 is 114 Å². The van der Waals surface area contributed by atoms with E-state index in [1.807, 2.05) is 83.3 Å². The number of hydrogen-bond donors (Lipinski definition) is 11. The van der Waals surface area contributed by atoms with Crippen LogP contribution in [0.4, 0.5) is 11.4 Å². The lowest BCUT2D eigenvalue weighted by molar-refractivity contribution is -0.136. The highest BCUT2D eigenvalue weighted by Gasteiger charge is 2.36. The fraction of sp³-hybridized carbons (Fsp3) is 0.379. The van der Waals surface area contributed by atoms with Gasteiger partial charge >= 0.3 is 0 Å². The number of nitrogens with two attached hydrogens (primary N) is 3. The molecule has 8 amide bonds. The number of amides is 8. The molecule has 24 heteroatoms. The lowest BCUT2D eigenvalue weighted by Gasteiger charge is -2.29. The molecule has 0 aliphatic carbocycles. The fourth-order valence-corrected chi connectivity index (χ4v) is 11.6. The second-order valence-corrected chi connectivity index (χ2v) is 24.7. The van der Waals surface area contributed by atoms with Crippen LogP contribution in [-0.4, -0.2) is 123 Å². The summed E-state index contributed by atoms with van der Waals surface area (Å²) in [7, 11) is 2.12. The van der Waals surface area contributed by atoms with Crippen LogP contribution in [0.3, 0.4) is 0 Å². The molecule has 1 heterocycles. The normalized spacial score (nSPS) is 21.0. The quantitative estimate of drug-likeness (QED) is 0.0182. The largest absolute Gasteiger partial charge is 0.508 e. The fourth-order valence-electron chi connectivity index (χ4n) is 8.72. The number of rotatable bonds is 19. The lowest BCUT2D eigenvalue weighted by atomic mass is 10.00. The molecule has 14 N–H and O–H groups in total. The van der Waals surface area contributed by atoms with Crippen molar-refractivity contribution < 1.29 is 43.5 Å². The Labute approximate surface area is 498 Å². The lowest BCUT2D eigenvalue weighted by Crippen LogP contribution is -2.62. The van der Waals surface area contributed by atoms with Gasteiger partial charge in [-0.25, -0.2) is 0 Å². The molecule has 0 spiro atoms. The minimum absolute atomic E-state index is 0.0497. The first-order valence-electron chi connectivity index (χ1n) is 26.9. The average Bonchev–Trinajstić information content (AvgIpc) is 3.62. The van der Waals surface area contributed by atoms with E-state index < -0.39 is 105 Å². The van der Waals surface area contributed by atoms with Crippen LogP contribution >= 0.6 is 44.2 Å². The number of nitrogens with zero attached hydrogens (tertiary/aromatic N) is 2. The zero-order valence-electron chi connectivity index (χ0n) is 45.7. The van der Waals surface area contributed by atoms with Crippen LogP contribution in [0, 0.1) is 5.92 Å². The summed E-state index contributed by atoms with van der Waals surface area (Å²) in [6.45, 7) is 5.33. The van der Waals surface area contributed by atoms with Crippen molar-refractivity contribution in [2.24, 2.45) is 33.3 Å². The monoisotopic (exact) mass is 1270 g/mol. The van der Waals surface area contributed by atoms with Crippen molar-refractivity contribution in [1.82, 2.24) is 37.2 Å². The third kappa shape index (κ3) is 19.8. The molecule has 0 aromatic heterocycles. The Hall–Kier alpha value is -7.13. The molecule has 1 aliphatic rings. The van der Waals surface area contributed by atoms with Gasteiger partial charge in [0.15, 0.2) is 0 Å². The molecule has 9 atom stereocenters. The zero-order valence-corrected chi connectivity index (χ0v) is 49.5. The minimum Gasteiger partial charge on any atom is -0.508 e. The Balaban J connectivity index is 1.39. The second-order valence-electron chi connectivity index (χ2n) is 20.2. The number of carbonyl (C=O) groups excluding carboxylic acids is 8. The maximum absolute atomic E-state index is 14.9. The number of azo groups is 1. The number of carbonyl (C=O) groups is 8. The smallest absolute Gasteiger partial charge is 0.244 e. The molecule has 82 heavy (non-hydrogen) atoms. The third-order valence-electron chi connectivity index (χ3n) is 13.4. The van der Waals surface area contributed by atoms with Gasteiger partial charge in [-0.1, -0.05) is 150 Å². The third-order valence-corrected chi connectivity index (χ3v) is 16.5. The Kier molecular flexibility index (Phi) is 24.9. The highest BCUT2D eigenvalue weighted by atomic mass is 127. The van der Waals surface area contributed by atoms with Crippen molar-refractivity contribution in [3.8, 4) is 5.75 Å². The van der Waals surface area contributed by atoms with Crippen molar-refractivity contribution in [3.05, 3.63) is 138 Å². The summed E-state index contributed by atoms with van der Waals surface area (Å²) in [4.78, 5) is 114. The van der Waals surface area contributed by atoms with Gasteiger partial charge in [-0.15, -0.1) is 0 Å². The van der Waals surface area contributed by atoms with Gasteiger partial charge in [0.1, 0.15) is 48.0 Å². The first-order chi connectivity index (χ1) is 39.3. The van der Waals surface area contributed by atoms with E-state index in [1.54, 1.807) is 69.3 Å². The zero-order chi connectivity index (χ0) is 59.3. The number of phenols is 1. The van der Waals surface area contributed by atoms with Crippen LogP contribution in [0.15, 0.2) is 132 Å². The van der Waals surface area contributed by atoms with Crippen LogP contribution in [0.5, 0.6) is 5.75 Å². The predicted octanol–water partition coefficient (Wildman–Crippen LogP) is 4.20. The number of phenolic OH excluding ortho intramolecular Hbond substituents is 1. The van der Waals surface area contributed by atoms with Crippen LogP contribution in [0.1, 0.15) is 56.7 Å². The molecule has 0 bridgehead atoms. The molecule has 6 rings (SSSR count). The number of halogens is 1. The first kappa shape index (κ1) is 64.0. The van der Waals surface area contributed by atoms with E-state index in [4.69, 9.17) is 17.2 Å². The second kappa shape index (κ2) is 31.9. The van der Waals surface area contributed by atoms with Gasteiger partial charge in [0.05, 0.1) is 17.4 Å². The minimum atomic E-state index is -1.42. The van der Waals surface area contributed by atoms with Crippen molar-refractivity contribution in [1.29, 1.82) is 0 Å². The Morgan fingerprint density at radius 1 is 0.659 bits per heavy atom. The van der Waals surface area contributed by atoms with E-state index in [0.29, 0.717) is 35.3 Å². The highest BCUT2D eigenvalue weighted by Crippen LogP contribution is 2.25. The van der Waals surface area contributed by atoms with Crippen molar-refractivity contribution in [3.63, 3.8) is 0 Å². The summed E-state index contributed by atoms with van der Waals surface area (Å²) in [6, 6.07) is 25.0. The number of primary amides is 1. The van der Waals surface area contributed by atoms with Crippen LogP contribution in [0.2, 0.25) is 0 Å². The summed E-state index contributed by atoms with van der Waals surface area (Å²) in [5.41, 5.74) is 21.0. The SMILES string of the molecule is CC(C)[C@@H]1NC(=O)[C@H](CCCCN)NC(=O)[C@@H](Cc2ccc(/N=N/c3ccccc3)cc2)NC(=O)[C@H](Cc2ccc(O)cc2)NC(=O)[C@@H](NC(=O)[C@H](N)Cc2ccc3ccccc3c2)CSSC[C@@H](C(=O)N[C@H](C(N)=O)[C@@H](C)I)NC1=O. The Morgan fingerprint density at radius 2 is 1.21 bits per heavy atom. The van der Waals surface area contributed by atoms with E-state index in [9.17, 15) is 43.5 Å². The topological polar surface area (TPSA) is 344 Å². The standard InChI is InChI=1S/C58H71IN12O9S2/c1-33(2)49-58(80)67-48(57(79)69-50(34(3)59)51(62)73)32-82-81-31-47(66-52(74)43(61)28-37-16-21-38-11-7-8-12-39(38)27-37)56(78)65-46(30-36-19-24-42(72)25-20-36)55(77)64-45(54(76)63-44(53(75)68-49)15-9-10-26-60)29-35-17-22-41(23-18-35)71-70-40-13-5-4-6-14-40/h4-8,11-14,16-25,27,33-34,43-50,72H,9-10,15,26,28-32,60-61H2,1-3H3,(H2,62,73)(H,63,76)(H,64,77)(H,65,78)(H,66,74)(H,67,80)(H,68,75)(H,69,79)/b71-70+/t34-,43-,44+,45-,46+,47+,48+,49+,50+/m1/s1. The summed E-state index contributed by atoms with van der Waals surface area (Å²) >= 11 is 1.95. The Bertz CT molecular complexity index is 3030. The molecule has 1 saturated heterocycles. The number of benzene rings is 5. The van der Waals surface area contributed by atoms with E-state index in [0.717, 1.165) is 37.9 Å². The van der Waals surface area contributed by atoms with E-state index in [-0.39, 0.29) is 49.5 Å². The molecule has 21 nitrogen and oxygen atoms in total. The molecule has 5 aromatic carbocycles. The molecule has 0 radical (unpaired) electrons. The van der Waals surface area contributed by atoms with Crippen LogP contribution < -0.4 is 54.4 Å². The summed E-state index contributed by atoms with van der Waals surface area (Å²) < 4.78 is -0.462. The molecule has 0 saturated carbocycles. The molecule has 1 fully saturated rings. The van der Waals surface area contributed by atoms with Crippen molar-refractivity contribution in [2.75, 3.05) is 18.1 Å². The molecule has 1 aliphatic heterocycles. The van der Waals surface area contributed by atoms with Crippen LogP contribution in [0.25, 0.3) is 10.8 Å². The maximum atomic E-state index is 14.9. The number of nitrogens with one attached hydrogen (secondary N) is 7. The van der Waals surface area contributed by atoms with Gasteiger partial charge in [0, 0.05) is 28.3 Å². The number of fused-ring (bicyclic) bond motifs is 1. The molecular weight excluding hydrogens is 1200 g/mol. The van der Waals surface area contributed by atoms with Gasteiger partial charge in [-0.05, 0) is 102 Å². The number of hydrogen-bond acceptors (Lipinski definition) is 15. The maximum Gasteiger partial charge on any atom is 0.244 e. The van der Waals surface area contributed by atoms with Gasteiger partial charge in [-0.3, -0.25) is 38.4 Å². The molecule has 5 aromatic rings. The Morgan fingerprint density at radius 3 is 1.82 bits per heavy atom. The van der Waals surface area contributed by atoms with Gasteiger partial charge in [0.25, 0.3) is 0 Å². The summed E-state index contributed by atoms with van der Waals surface area (Å²) in [5.74, 6) is -7.09. The number of alkyl halides is 1. The summed E-state index contributed by atoms with van der Waals surface area (Å²) in [5, 5.41) is 40.1. The number of unbranched alkanes of at least 4 members (excludes halogenated alkanes) is 1. The van der Waals surface area contributed by atoms with E-state index in [1.165, 1.54) is 12.1 Å². The summed E-state index contributed by atoms with van der Waals surface area (Å²) in [6.07, 6.45) is 0.753. The molecular formula is C58H71IN12O9S2. The van der Waals surface area contributed by atoms with Gasteiger partial charge in [0.2, 0.25) is 47.3 Å². The molecule has 436 valence electrons. The number of aromatic hydroxyl groups is 1. The first-order valence-corrected chi connectivity index (χ1v) is 30.6. The highest BCUT2D eigenvalue weighted by molar-refractivity contribution is 14.1. The molecule has 0 unspecified atom stereocenters. The van der Waals surface area contributed by atoms with Gasteiger partial charge in [-0.2, -0.15) is 10.2 Å². The van der Waals surface area contributed by atoms with Crippen molar-refractivity contribution in [2.45, 2.75) is 112 Å². The predicted molar refractivity (Wildman–Crippen MR) is 327 cm³/mol. The average molecular weight is 1270 g/mol. The van der Waals surface area contributed by atoms with E-state index in [2.05, 4.69) is 47.4 Å². The van der Waals surface area contributed by atoms with E-state index >= 15 is 0 Å². The van der Waals surface area contributed by atoms with Gasteiger partial charge < -0.3 is 59.5 Å².